The fourth-order valence-electron chi connectivity index (χ4n) is 2.58. The first-order chi connectivity index (χ1) is 12.5. The number of amidine groups is 1. The topological polar surface area (TPSA) is 71.4 Å². The molecule has 0 atom stereocenters. The van der Waals surface area contributed by atoms with Crippen LogP contribution < -0.4 is 14.8 Å². The molecule has 1 aliphatic rings. The normalized spacial score (nSPS) is 15.2. The van der Waals surface area contributed by atoms with Gasteiger partial charge in [0, 0.05) is 5.56 Å². The van der Waals surface area contributed by atoms with Gasteiger partial charge in [0.2, 0.25) is 0 Å². The molecule has 1 fully saturated rings. The lowest BCUT2D eigenvalue weighted by Crippen LogP contribution is -2.18. The van der Waals surface area contributed by atoms with Crippen molar-refractivity contribution < 1.29 is 14.3 Å². The van der Waals surface area contributed by atoms with Crippen LogP contribution >= 0.6 is 11.8 Å². The average molecular weight is 368 g/mol. The molecule has 0 unspecified atom stereocenters. The molecule has 26 heavy (non-hydrogen) atoms. The third kappa shape index (κ3) is 4.46. The first-order valence-corrected chi connectivity index (χ1v) is 9.06. The molecule has 0 aromatic heterocycles. The molecule has 1 saturated heterocycles. The minimum absolute atomic E-state index is 0.140. The Bertz CT molecular complexity index is 877. The number of carbonyl (C=O) groups is 1. The number of carbonyl (C=O) groups excluding carboxylic acids is 1. The Morgan fingerprint density at radius 3 is 2.50 bits per heavy atom. The smallest absolute Gasteiger partial charge is 0.264 e. The van der Waals surface area contributed by atoms with Crippen LogP contribution in [0.2, 0.25) is 0 Å². The van der Waals surface area contributed by atoms with E-state index in [0.717, 1.165) is 28.6 Å². The molecule has 6 heteroatoms. The van der Waals surface area contributed by atoms with Crippen molar-refractivity contribution in [1.29, 1.82) is 5.41 Å². The number of aryl methyl sites for hydroxylation is 2. The van der Waals surface area contributed by atoms with Crippen LogP contribution in [0.5, 0.6) is 11.5 Å². The van der Waals surface area contributed by atoms with Crippen molar-refractivity contribution in [3.8, 4) is 11.5 Å². The molecular formula is C20H20N2O3S. The molecule has 2 N–H and O–H groups in total. The van der Waals surface area contributed by atoms with Crippen LogP contribution in [0.3, 0.4) is 0 Å². The summed E-state index contributed by atoms with van der Waals surface area (Å²) < 4.78 is 11.6. The van der Waals surface area contributed by atoms with Crippen LogP contribution in [0, 0.1) is 19.3 Å². The predicted molar refractivity (Wildman–Crippen MR) is 105 cm³/mol. The van der Waals surface area contributed by atoms with E-state index < -0.39 is 0 Å². The van der Waals surface area contributed by atoms with E-state index in [1.807, 2.05) is 43.3 Å². The van der Waals surface area contributed by atoms with Crippen LogP contribution in [-0.4, -0.2) is 24.3 Å². The predicted octanol–water partition coefficient (Wildman–Crippen LogP) is 3.90. The molecule has 0 spiro atoms. The van der Waals surface area contributed by atoms with Crippen molar-refractivity contribution in [2.24, 2.45) is 0 Å². The first kappa shape index (κ1) is 18.1. The molecule has 0 bridgehead atoms. The lowest BCUT2D eigenvalue weighted by atomic mass is 10.1. The van der Waals surface area contributed by atoms with Gasteiger partial charge in [-0.25, -0.2) is 0 Å². The van der Waals surface area contributed by atoms with Crippen molar-refractivity contribution in [2.45, 2.75) is 13.8 Å². The number of rotatable bonds is 6. The van der Waals surface area contributed by atoms with Crippen molar-refractivity contribution in [3.63, 3.8) is 0 Å². The molecule has 0 radical (unpaired) electrons. The lowest BCUT2D eigenvalue weighted by molar-refractivity contribution is -0.115. The summed E-state index contributed by atoms with van der Waals surface area (Å²) in [6.07, 6.45) is 1.74. The van der Waals surface area contributed by atoms with Gasteiger partial charge >= 0.3 is 0 Å². The van der Waals surface area contributed by atoms with E-state index in [4.69, 9.17) is 14.9 Å². The van der Waals surface area contributed by atoms with E-state index in [1.165, 1.54) is 5.56 Å². The zero-order valence-corrected chi connectivity index (χ0v) is 15.5. The molecule has 3 rings (SSSR count). The number of benzene rings is 2. The zero-order valence-electron chi connectivity index (χ0n) is 14.7. The largest absolute Gasteiger partial charge is 0.490 e. The fourth-order valence-corrected chi connectivity index (χ4v) is 3.27. The Balaban J connectivity index is 1.61. The highest BCUT2D eigenvalue weighted by Gasteiger charge is 2.22. The van der Waals surface area contributed by atoms with E-state index in [2.05, 4.69) is 18.3 Å². The molecule has 1 amide bonds. The summed E-state index contributed by atoms with van der Waals surface area (Å²) in [6, 6.07) is 13.6. The third-order valence-electron chi connectivity index (χ3n) is 3.80. The van der Waals surface area contributed by atoms with E-state index in [9.17, 15) is 4.79 Å². The Morgan fingerprint density at radius 2 is 1.81 bits per heavy atom. The van der Waals surface area contributed by atoms with E-state index >= 15 is 0 Å². The number of hydrogen-bond acceptors (Lipinski definition) is 5. The van der Waals surface area contributed by atoms with Gasteiger partial charge in [-0.15, -0.1) is 0 Å². The molecular weight excluding hydrogens is 348 g/mol. The lowest BCUT2D eigenvalue weighted by Gasteiger charge is -2.12. The number of nitrogens with one attached hydrogen (secondary N) is 2. The van der Waals surface area contributed by atoms with Gasteiger partial charge in [0.1, 0.15) is 24.7 Å². The Labute approximate surface area is 156 Å². The van der Waals surface area contributed by atoms with E-state index in [-0.39, 0.29) is 11.1 Å². The van der Waals surface area contributed by atoms with Crippen molar-refractivity contribution in [3.05, 3.63) is 64.1 Å². The summed E-state index contributed by atoms with van der Waals surface area (Å²) >= 11 is 1.11. The van der Waals surface area contributed by atoms with Gasteiger partial charge in [-0.2, -0.15) is 0 Å². The third-order valence-corrected chi connectivity index (χ3v) is 4.63. The standard InChI is InChI=1S/C20H20N2O3S/c1-13-7-8-16(14(2)11-13)24-9-10-25-17-6-4-3-5-15(17)12-18-19(23)22-20(21)26-18/h3-8,11-12H,9-10H2,1-2H3,(H2,21,22,23). The van der Waals surface area contributed by atoms with Crippen LogP contribution in [-0.2, 0) is 4.79 Å². The maximum Gasteiger partial charge on any atom is 0.264 e. The van der Waals surface area contributed by atoms with Gasteiger partial charge < -0.3 is 14.8 Å². The number of ether oxygens (including phenoxy) is 2. The maximum atomic E-state index is 11.8. The quantitative estimate of drug-likeness (QED) is 0.599. The minimum Gasteiger partial charge on any atom is -0.490 e. The molecule has 1 heterocycles. The Hall–Kier alpha value is -2.73. The highest BCUT2D eigenvalue weighted by molar-refractivity contribution is 8.18. The van der Waals surface area contributed by atoms with Crippen LogP contribution in [0.1, 0.15) is 16.7 Å². The van der Waals surface area contributed by atoms with Crippen LogP contribution in [0.25, 0.3) is 6.08 Å². The van der Waals surface area contributed by atoms with Gasteiger partial charge in [-0.05, 0) is 49.4 Å². The number of hydrogen-bond donors (Lipinski definition) is 2. The molecule has 1 aliphatic heterocycles. The van der Waals surface area contributed by atoms with E-state index in [1.54, 1.807) is 6.08 Å². The molecule has 0 saturated carbocycles. The highest BCUT2D eigenvalue weighted by atomic mass is 32.2. The van der Waals surface area contributed by atoms with Gasteiger partial charge in [0.15, 0.2) is 5.17 Å². The average Bonchev–Trinajstić information content (AvgIpc) is 2.92. The van der Waals surface area contributed by atoms with Gasteiger partial charge in [0.25, 0.3) is 5.91 Å². The van der Waals surface area contributed by atoms with Crippen molar-refractivity contribution in [1.82, 2.24) is 5.32 Å². The van der Waals surface area contributed by atoms with Crippen LogP contribution in [0.4, 0.5) is 0 Å². The first-order valence-electron chi connectivity index (χ1n) is 8.24. The second kappa shape index (κ2) is 8.10. The van der Waals surface area contributed by atoms with E-state index in [0.29, 0.717) is 23.9 Å². The Kier molecular flexibility index (Phi) is 5.63. The van der Waals surface area contributed by atoms with Crippen molar-refractivity contribution in [2.75, 3.05) is 13.2 Å². The molecule has 2 aromatic rings. The minimum atomic E-state index is -0.256. The van der Waals surface area contributed by atoms with Gasteiger partial charge in [-0.3, -0.25) is 10.2 Å². The summed E-state index contributed by atoms with van der Waals surface area (Å²) in [5.41, 5.74) is 3.10. The highest BCUT2D eigenvalue weighted by Crippen LogP contribution is 2.28. The monoisotopic (exact) mass is 368 g/mol. The summed E-state index contributed by atoms with van der Waals surface area (Å²) in [5.74, 6) is 1.27. The van der Waals surface area contributed by atoms with Crippen LogP contribution in [0.15, 0.2) is 47.4 Å². The van der Waals surface area contributed by atoms with Gasteiger partial charge in [-0.1, -0.05) is 35.9 Å². The second-order valence-electron chi connectivity index (χ2n) is 5.90. The number of para-hydroxylation sites is 1. The zero-order chi connectivity index (χ0) is 18.5. The summed E-state index contributed by atoms with van der Waals surface area (Å²) in [4.78, 5) is 12.3. The molecule has 2 aromatic carbocycles. The maximum absolute atomic E-state index is 11.8. The van der Waals surface area contributed by atoms with Crippen molar-refractivity contribution >= 4 is 28.9 Å². The molecule has 0 aliphatic carbocycles. The molecule has 5 nitrogen and oxygen atoms in total. The SMILES string of the molecule is Cc1ccc(OCCOc2ccccc2C=C2SC(=N)NC2=O)c(C)c1. The van der Waals surface area contributed by atoms with Gasteiger partial charge in [0.05, 0.1) is 4.91 Å². The molecule has 134 valence electrons. The summed E-state index contributed by atoms with van der Waals surface area (Å²) in [5, 5.41) is 10.1. The number of thioether (sulfide) groups is 1. The fraction of sp³-hybridized carbons (Fsp3) is 0.200. The Morgan fingerprint density at radius 1 is 1.08 bits per heavy atom. The second-order valence-corrected chi connectivity index (χ2v) is 6.95. The summed E-state index contributed by atoms with van der Waals surface area (Å²) in [6.45, 7) is 4.89. The summed E-state index contributed by atoms with van der Waals surface area (Å²) in [7, 11) is 0. The number of amides is 1.